The van der Waals surface area contributed by atoms with Gasteiger partial charge in [0.1, 0.15) is 10.8 Å². The Kier molecular flexibility index (Phi) is 3.54. The van der Waals surface area contributed by atoms with Crippen molar-refractivity contribution in [3.05, 3.63) is 51.2 Å². The lowest BCUT2D eigenvalue weighted by molar-refractivity contribution is 0.616. The molecule has 2 nitrogen and oxygen atoms in total. The highest BCUT2D eigenvalue weighted by Crippen LogP contribution is 2.27. The highest BCUT2D eigenvalue weighted by Gasteiger charge is 2.17. The lowest BCUT2D eigenvalue weighted by Gasteiger charge is -2.13. The van der Waals surface area contributed by atoms with Crippen molar-refractivity contribution in [3.63, 3.8) is 0 Å². The second-order valence-electron chi connectivity index (χ2n) is 3.97. The van der Waals surface area contributed by atoms with Gasteiger partial charge in [0.05, 0.1) is 11.7 Å². The van der Waals surface area contributed by atoms with Gasteiger partial charge in [0.25, 0.3) is 0 Å². The van der Waals surface area contributed by atoms with Gasteiger partial charge in [-0.3, -0.25) is 0 Å². The topological polar surface area (TPSA) is 24.9 Å². The predicted octanol–water partition coefficient (Wildman–Crippen LogP) is 3.21. The van der Waals surface area contributed by atoms with Crippen molar-refractivity contribution >= 4 is 11.3 Å². The smallest absolute Gasteiger partial charge is 0.123 e. The van der Waals surface area contributed by atoms with Crippen LogP contribution in [-0.2, 0) is 0 Å². The van der Waals surface area contributed by atoms with Gasteiger partial charge in [0.2, 0.25) is 0 Å². The summed E-state index contributed by atoms with van der Waals surface area (Å²) in [6.45, 7) is 4.04. The minimum atomic E-state index is -0.215. The first kappa shape index (κ1) is 12.2. The monoisotopic (exact) mass is 250 g/mol. The van der Waals surface area contributed by atoms with Crippen molar-refractivity contribution in [2.24, 2.45) is 0 Å². The number of thiazole rings is 1. The third-order valence-electron chi connectivity index (χ3n) is 2.76. The lowest BCUT2D eigenvalue weighted by Crippen LogP contribution is -2.17. The summed E-state index contributed by atoms with van der Waals surface area (Å²) < 4.78 is 13.2. The minimum Gasteiger partial charge on any atom is -0.307 e. The number of aromatic nitrogens is 1. The van der Waals surface area contributed by atoms with Gasteiger partial charge in [-0.05, 0) is 38.6 Å². The van der Waals surface area contributed by atoms with Crippen molar-refractivity contribution in [1.82, 2.24) is 10.3 Å². The number of rotatable bonds is 3. The summed E-state index contributed by atoms with van der Waals surface area (Å²) in [6.07, 6.45) is 0. The molecule has 1 aromatic heterocycles. The van der Waals surface area contributed by atoms with Crippen LogP contribution in [0.15, 0.2) is 24.3 Å². The van der Waals surface area contributed by atoms with E-state index in [0.29, 0.717) is 0 Å². The number of halogens is 1. The highest BCUT2D eigenvalue weighted by molar-refractivity contribution is 7.11. The molecule has 1 aromatic carbocycles. The standard InChI is InChI=1S/C13H15FN2S/c1-8-9(2)17-13(16-8)12(15-3)10-5-4-6-11(14)7-10/h4-7,12,15H,1-3H3. The normalized spacial score (nSPS) is 12.7. The van der Waals surface area contributed by atoms with E-state index in [4.69, 9.17) is 0 Å². The summed E-state index contributed by atoms with van der Waals surface area (Å²) >= 11 is 1.65. The Morgan fingerprint density at radius 3 is 2.65 bits per heavy atom. The number of hydrogen-bond donors (Lipinski definition) is 1. The van der Waals surface area contributed by atoms with Gasteiger partial charge in [-0.1, -0.05) is 12.1 Å². The van der Waals surface area contributed by atoms with Crippen LogP contribution in [0.5, 0.6) is 0 Å². The van der Waals surface area contributed by atoms with Crippen LogP contribution in [0.4, 0.5) is 4.39 Å². The van der Waals surface area contributed by atoms with Crippen LogP contribution in [0, 0.1) is 19.7 Å². The average Bonchev–Trinajstić information content (AvgIpc) is 2.60. The van der Waals surface area contributed by atoms with E-state index in [0.717, 1.165) is 16.3 Å². The Morgan fingerprint density at radius 2 is 2.12 bits per heavy atom. The first-order chi connectivity index (χ1) is 8.11. The fourth-order valence-corrected chi connectivity index (χ4v) is 2.80. The number of hydrogen-bond acceptors (Lipinski definition) is 3. The van der Waals surface area contributed by atoms with Crippen LogP contribution >= 0.6 is 11.3 Å². The predicted molar refractivity (Wildman–Crippen MR) is 68.9 cm³/mol. The third kappa shape index (κ3) is 2.53. The summed E-state index contributed by atoms with van der Waals surface area (Å²) in [6, 6.07) is 6.60. The third-order valence-corrected chi connectivity index (χ3v) is 3.90. The van der Waals surface area contributed by atoms with Crippen LogP contribution in [0.1, 0.15) is 27.2 Å². The van der Waals surface area contributed by atoms with Gasteiger partial charge >= 0.3 is 0 Å². The number of benzene rings is 1. The number of nitrogens with one attached hydrogen (secondary N) is 1. The lowest BCUT2D eigenvalue weighted by atomic mass is 10.1. The van der Waals surface area contributed by atoms with Crippen molar-refractivity contribution in [3.8, 4) is 0 Å². The molecule has 0 spiro atoms. The minimum absolute atomic E-state index is 0.0388. The second kappa shape index (κ2) is 4.94. The maximum atomic E-state index is 13.2. The molecule has 2 rings (SSSR count). The van der Waals surface area contributed by atoms with E-state index in [9.17, 15) is 4.39 Å². The van der Waals surface area contributed by atoms with Gasteiger partial charge in [-0.15, -0.1) is 11.3 Å². The van der Waals surface area contributed by atoms with Crippen LogP contribution < -0.4 is 5.32 Å². The molecule has 1 N–H and O–H groups in total. The summed E-state index contributed by atoms with van der Waals surface area (Å²) in [5.74, 6) is -0.215. The zero-order chi connectivity index (χ0) is 12.4. The molecule has 2 aromatic rings. The van der Waals surface area contributed by atoms with Gasteiger partial charge in [0.15, 0.2) is 0 Å². The van der Waals surface area contributed by atoms with Crippen LogP contribution in [0.25, 0.3) is 0 Å². The van der Waals surface area contributed by atoms with E-state index in [1.165, 1.54) is 10.9 Å². The van der Waals surface area contributed by atoms with E-state index in [2.05, 4.69) is 17.2 Å². The Labute approximate surface area is 105 Å². The summed E-state index contributed by atoms with van der Waals surface area (Å²) in [7, 11) is 1.86. The molecule has 0 aliphatic rings. The van der Waals surface area contributed by atoms with E-state index < -0.39 is 0 Å². The Bertz CT molecular complexity index is 502. The molecule has 1 heterocycles. The van der Waals surface area contributed by atoms with Crippen molar-refractivity contribution in [2.45, 2.75) is 19.9 Å². The maximum absolute atomic E-state index is 13.2. The quantitative estimate of drug-likeness (QED) is 0.904. The van der Waals surface area contributed by atoms with E-state index in [1.54, 1.807) is 23.5 Å². The van der Waals surface area contributed by atoms with E-state index in [1.807, 2.05) is 20.0 Å². The molecule has 0 saturated heterocycles. The molecule has 0 radical (unpaired) electrons. The molecule has 90 valence electrons. The SMILES string of the molecule is CNC(c1cccc(F)c1)c1nc(C)c(C)s1. The van der Waals surface area contributed by atoms with Crippen molar-refractivity contribution in [1.29, 1.82) is 0 Å². The van der Waals surface area contributed by atoms with Crippen molar-refractivity contribution < 1.29 is 4.39 Å². The largest absolute Gasteiger partial charge is 0.307 e. The summed E-state index contributed by atoms with van der Waals surface area (Å²) in [4.78, 5) is 5.73. The number of nitrogens with zero attached hydrogens (tertiary/aromatic N) is 1. The molecule has 0 saturated carbocycles. The van der Waals surface area contributed by atoms with Crippen LogP contribution in [0.2, 0.25) is 0 Å². The van der Waals surface area contributed by atoms with E-state index >= 15 is 0 Å². The summed E-state index contributed by atoms with van der Waals surface area (Å²) in [5, 5.41) is 4.16. The molecule has 4 heteroatoms. The molecule has 17 heavy (non-hydrogen) atoms. The molecule has 0 aliphatic carbocycles. The second-order valence-corrected chi connectivity index (χ2v) is 5.21. The molecular formula is C13H15FN2S. The maximum Gasteiger partial charge on any atom is 0.123 e. The Hall–Kier alpha value is -1.26. The first-order valence-corrected chi connectivity index (χ1v) is 6.30. The first-order valence-electron chi connectivity index (χ1n) is 5.48. The average molecular weight is 250 g/mol. The zero-order valence-corrected chi connectivity index (χ0v) is 10.9. The van der Waals surface area contributed by atoms with Gasteiger partial charge in [-0.2, -0.15) is 0 Å². The molecule has 0 amide bonds. The zero-order valence-electron chi connectivity index (χ0n) is 10.1. The molecule has 1 unspecified atom stereocenters. The number of aryl methyl sites for hydroxylation is 2. The van der Waals surface area contributed by atoms with Gasteiger partial charge < -0.3 is 5.32 Å². The summed E-state index contributed by atoms with van der Waals surface area (Å²) in [5.41, 5.74) is 1.95. The molecule has 0 aliphatic heterocycles. The van der Waals surface area contributed by atoms with Gasteiger partial charge in [-0.25, -0.2) is 9.37 Å². The fraction of sp³-hybridized carbons (Fsp3) is 0.308. The fourth-order valence-electron chi connectivity index (χ4n) is 1.74. The van der Waals surface area contributed by atoms with Crippen LogP contribution in [-0.4, -0.2) is 12.0 Å². The molecule has 0 bridgehead atoms. The molecule has 1 atom stereocenters. The Morgan fingerprint density at radius 1 is 1.35 bits per heavy atom. The molecule has 0 fully saturated rings. The van der Waals surface area contributed by atoms with Gasteiger partial charge in [0, 0.05) is 4.88 Å². The van der Waals surface area contributed by atoms with Crippen LogP contribution in [0.3, 0.4) is 0 Å². The Balaban J connectivity index is 2.39. The molecular weight excluding hydrogens is 235 g/mol. The van der Waals surface area contributed by atoms with Crippen molar-refractivity contribution in [2.75, 3.05) is 7.05 Å². The van der Waals surface area contributed by atoms with E-state index in [-0.39, 0.29) is 11.9 Å². The highest BCUT2D eigenvalue weighted by atomic mass is 32.1.